The number of nitrogens with one attached hydrogen (secondary N) is 1. The Morgan fingerprint density at radius 2 is 1.04 bits per heavy atom. The Kier molecular flexibility index (Phi) is 48.8. The lowest BCUT2D eigenvalue weighted by Crippen LogP contribution is -2.30. The first-order valence-corrected chi connectivity index (χ1v) is 8.95. The Hall–Kier alpha value is -0.940. The predicted octanol–water partition coefficient (Wildman–Crippen LogP) is 1.04. The Morgan fingerprint density at radius 3 is 1.15 bits per heavy atom. The van der Waals surface area contributed by atoms with Gasteiger partial charge in [0.2, 0.25) is 5.91 Å². The number of hydrogen-bond donors (Lipinski definition) is 6. The van der Waals surface area contributed by atoms with Crippen molar-refractivity contribution >= 4 is 5.91 Å². The molecule has 0 heterocycles. The van der Waals surface area contributed by atoms with E-state index in [1.54, 1.807) is 0 Å². The summed E-state index contributed by atoms with van der Waals surface area (Å²) < 4.78 is 32.0. The Labute approximate surface area is 157 Å². The maximum atomic E-state index is 10.7. The monoisotopic (exact) mass is 392 g/mol. The van der Waals surface area contributed by atoms with Gasteiger partial charge in [-0.3, -0.25) is 4.79 Å². The van der Waals surface area contributed by atoms with Crippen LogP contribution in [0.3, 0.4) is 0 Å². The lowest BCUT2D eigenvalue weighted by Gasteiger charge is -1.97. The van der Waals surface area contributed by atoms with E-state index in [4.69, 9.17) is 22.9 Å². The van der Waals surface area contributed by atoms with E-state index in [1.165, 1.54) is 0 Å². The molecule has 7 nitrogen and oxygen atoms in total. The van der Waals surface area contributed by atoms with Crippen molar-refractivity contribution in [3.8, 4) is 0 Å². The summed E-state index contributed by atoms with van der Waals surface area (Å²) in [6.45, 7) is 10.2. The van der Waals surface area contributed by atoms with Crippen LogP contribution in [0.1, 0.15) is 53.4 Å². The second-order valence-electron chi connectivity index (χ2n) is 4.74. The highest BCUT2D eigenvalue weighted by atomic mass is 19.4. The fourth-order valence-electron chi connectivity index (χ4n) is 0.337. The van der Waals surface area contributed by atoms with Gasteiger partial charge in [0.25, 0.3) is 0 Å². The molecule has 0 aliphatic heterocycles. The van der Waals surface area contributed by atoms with E-state index >= 15 is 0 Å². The molecule has 0 aliphatic rings. The molecule has 0 unspecified atom stereocenters. The third kappa shape index (κ3) is 91.7. The van der Waals surface area contributed by atoms with E-state index in [1.807, 2.05) is 6.92 Å². The van der Waals surface area contributed by atoms with Gasteiger partial charge in [0.1, 0.15) is 0 Å². The molecule has 0 bridgehead atoms. The molecule has 0 saturated carbocycles. The van der Waals surface area contributed by atoms with E-state index < -0.39 is 12.7 Å². The minimum atomic E-state index is -4.18. The summed E-state index contributed by atoms with van der Waals surface area (Å²) in [5, 5.41) is 2.62. The van der Waals surface area contributed by atoms with Crippen LogP contribution in [-0.4, -0.2) is 51.4 Å². The van der Waals surface area contributed by atoms with Crippen LogP contribution in [0.4, 0.5) is 13.2 Å². The fourth-order valence-corrected chi connectivity index (χ4v) is 0.337. The number of amides is 1. The molecule has 0 spiro atoms. The van der Waals surface area contributed by atoms with E-state index in [0.717, 1.165) is 51.9 Å². The zero-order chi connectivity index (χ0) is 21.9. The maximum Gasteiger partial charge on any atom is 0.400 e. The number of halogens is 3. The van der Waals surface area contributed by atoms with Crippen LogP contribution in [0.15, 0.2) is 0 Å². The second kappa shape index (κ2) is 35.2. The van der Waals surface area contributed by atoms with Crippen molar-refractivity contribution in [3.63, 3.8) is 0 Å². The molecule has 0 saturated heterocycles. The molecule has 0 aromatic heterocycles. The van der Waals surface area contributed by atoms with Crippen molar-refractivity contribution in [2.24, 2.45) is 28.7 Å². The van der Waals surface area contributed by atoms with Crippen molar-refractivity contribution < 1.29 is 18.0 Å². The number of alkyl halides is 3. The molecule has 10 heteroatoms. The average molecular weight is 393 g/mol. The number of rotatable bonds is 6. The summed E-state index contributed by atoms with van der Waals surface area (Å²) in [6, 6.07) is 0. The van der Waals surface area contributed by atoms with Crippen LogP contribution < -0.4 is 34.0 Å². The first kappa shape index (κ1) is 36.1. The summed E-state index contributed by atoms with van der Waals surface area (Å²) in [7, 11) is 0. The molecule has 0 aliphatic carbocycles. The van der Waals surface area contributed by atoms with Gasteiger partial charge >= 0.3 is 6.18 Å². The molecule has 26 heavy (non-hydrogen) atoms. The molecule has 0 fully saturated rings. The fraction of sp³-hybridized carbons (Fsp3) is 0.938. The normalized spacial score (nSPS) is 8.92. The van der Waals surface area contributed by atoms with Crippen LogP contribution in [0.2, 0.25) is 0 Å². The number of carbonyl (C=O) groups excluding carboxylic acids is 1. The highest BCUT2D eigenvalue weighted by Gasteiger charge is 2.23. The Bertz CT molecular complexity index is 217. The van der Waals surface area contributed by atoms with E-state index in [2.05, 4.69) is 31.8 Å². The van der Waals surface area contributed by atoms with Gasteiger partial charge in [-0.2, -0.15) is 13.2 Å². The Morgan fingerprint density at radius 1 is 0.769 bits per heavy atom. The zero-order valence-corrected chi connectivity index (χ0v) is 17.0. The molecular formula is C16H43F3N6O. The molecule has 0 atom stereocenters. The van der Waals surface area contributed by atoms with Gasteiger partial charge in [0.15, 0.2) is 0 Å². The lowest BCUT2D eigenvalue weighted by molar-refractivity contribution is -0.120. The van der Waals surface area contributed by atoms with Crippen LogP contribution >= 0.6 is 0 Å². The van der Waals surface area contributed by atoms with Crippen LogP contribution in [0.5, 0.6) is 0 Å². The second-order valence-corrected chi connectivity index (χ2v) is 4.74. The third-order valence-corrected chi connectivity index (χ3v) is 1.86. The summed E-state index contributed by atoms with van der Waals surface area (Å²) in [6.07, 6.45) is 0.0751. The third-order valence-electron chi connectivity index (χ3n) is 1.86. The van der Waals surface area contributed by atoms with Crippen LogP contribution in [-0.2, 0) is 4.79 Å². The van der Waals surface area contributed by atoms with Gasteiger partial charge in [-0.15, -0.1) is 0 Å². The molecule has 0 aromatic carbocycles. The van der Waals surface area contributed by atoms with E-state index in [-0.39, 0.29) is 12.5 Å². The van der Waals surface area contributed by atoms with E-state index in [9.17, 15) is 18.0 Å². The predicted molar refractivity (Wildman–Crippen MR) is 106 cm³/mol. The highest BCUT2D eigenvalue weighted by Crippen LogP contribution is 2.10. The van der Waals surface area contributed by atoms with Crippen molar-refractivity contribution in [2.45, 2.75) is 59.6 Å². The smallest absolute Gasteiger partial charge is 0.355 e. The molecule has 0 radical (unpaired) electrons. The van der Waals surface area contributed by atoms with Crippen molar-refractivity contribution in [1.82, 2.24) is 5.32 Å². The quantitative estimate of drug-likeness (QED) is 0.396. The summed E-state index contributed by atoms with van der Waals surface area (Å²) in [5.41, 5.74) is 24.3. The Balaban J connectivity index is -0.0000000734. The first-order valence-electron chi connectivity index (χ1n) is 8.95. The molecule has 11 N–H and O–H groups in total. The molecule has 1 amide bonds. The minimum Gasteiger partial charge on any atom is -0.355 e. The number of nitrogens with two attached hydrogens (primary N) is 5. The summed E-state index contributed by atoms with van der Waals surface area (Å²) in [5.74, 6) is -0.0770. The van der Waals surface area contributed by atoms with Gasteiger partial charge in [-0.25, -0.2) is 0 Å². The lowest BCUT2D eigenvalue weighted by atomic mass is 10.5. The molecule has 0 rings (SSSR count). The summed E-state index contributed by atoms with van der Waals surface area (Å²) >= 11 is 0. The summed E-state index contributed by atoms with van der Waals surface area (Å²) in [4.78, 5) is 10.3. The van der Waals surface area contributed by atoms with E-state index in [0.29, 0.717) is 0 Å². The van der Waals surface area contributed by atoms with Crippen LogP contribution in [0, 0.1) is 0 Å². The first-order chi connectivity index (χ1) is 12.1. The highest BCUT2D eigenvalue weighted by molar-refractivity contribution is 5.77. The minimum absolute atomic E-state index is 0.0770. The molecular weight excluding hydrogens is 349 g/mol. The SMILES string of the molecule is CCCN.CCCN.CCCN.CCCNC(=O)CN.NCC(F)(F)F. The average Bonchev–Trinajstić information content (AvgIpc) is 2.66. The van der Waals surface area contributed by atoms with Gasteiger partial charge in [0, 0.05) is 6.54 Å². The standard InChI is InChI=1S/C5H12N2O.3C3H9N.C2H4F3N/c1-2-3-7-5(8)4-6;3*1-2-3-4;3-2(4,5)1-6/h2-4,6H2,1H3,(H,7,8);3*2-4H2,1H3;1,6H2. The number of carbonyl (C=O) groups is 1. The van der Waals surface area contributed by atoms with Crippen molar-refractivity contribution in [3.05, 3.63) is 0 Å². The van der Waals surface area contributed by atoms with Crippen LogP contribution in [0.25, 0.3) is 0 Å². The van der Waals surface area contributed by atoms with Crippen molar-refractivity contribution in [2.75, 3.05) is 39.3 Å². The van der Waals surface area contributed by atoms with Gasteiger partial charge in [0.05, 0.1) is 13.1 Å². The van der Waals surface area contributed by atoms with Gasteiger partial charge in [-0.05, 0) is 45.3 Å². The zero-order valence-electron chi connectivity index (χ0n) is 17.0. The van der Waals surface area contributed by atoms with Gasteiger partial charge in [-0.1, -0.05) is 27.7 Å². The van der Waals surface area contributed by atoms with Gasteiger partial charge < -0.3 is 34.0 Å². The topological polar surface area (TPSA) is 159 Å². The largest absolute Gasteiger partial charge is 0.400 e. The maximum absolute atomic E-state index is 10.7. The van der Waals surface area contributed by atoms with Crippen molar-refractivity contribution in [1.29, 1.82) is 0 Å². The molecule has 0 aromatic rings. The number of hydrogen-bond acceptors (Lipinski definition) is 6. The molecule has 164 valence electrons.